The van der Waals surface area contributed by atoms with Gasteiger partial charge in [0.15, 0.2) is 0 Å². The van der Waals surface area contributed by atoms with E-state index in [1.807, 2.05) is 6.92 Å². The predicted molar refractivity (Wildman–Crippen MR) is 56.6 cm³/mol. The second-order valence-electron chi connectivity index (χ2n) is 3.19. The van der Waals surface area contributed by atoms with Crippen LogP contribution in [0.4, 0.5) is 0 Å². The number of hydrogen-bond donors (Lipinski definition) is 2. The van der Waals surface area contributed by atoms with Crippen LogP contribution in [0.5, 0.6) is 0 Å². The number of rotatable bonds is 9. The van der Waals surface area contributed by atoms with Crippen LogP contribution in [0.15, 0.2) is 0 Å². The minimum absolute atomic E-state index is 0.0409. The highest BCUT2D eigenvalue weighted by Crippen LogP contribution is 1.96. The summed E-state index contributed by atoms with van der Waals surface area (Å²) in [6.45, 7) is 6.22. The highest BCUT2D eigenvalue weighted by molar-refractivity contribution is 5.72. The largest absolute Gasteiger partial charge is 0.466 e. The normalized spacial score (nSPS) is 12.5. The molecule has 90 valence electrons. The fourth-order valence-electron chi connectivity index (χ4n) is 0.997. The molecule has 15 heavy (non-hydrogen) atoms. The first-order valence-corrected chi connectivity index (χ1v) is 5.28. The number of esters is 1. The number of aliphatic hydroxyl groups is 1. The molecule has 1 atom stereocenters. The molecule has 5 nitrogen and oxygen atoms in total. The molecule has 2 N–H and O–H groups in total. The van der Waals surface area contributed by atoms with Gasteiger partial charge in [0, 0.05) is 13.1 Å². The van der Waals surface area contributed by atoms with E-state index >= 15 is 0 Å². The van der Waals surface area contributed by atoms with Gasteiger partial charge in [0.05, 0.1) is 32.3 Å². The van der Waals surface area contributed by atoms with Crippen molar-refractivity contribution in [3.63, 3.8) is 0 Å². The summed E-state index contributed by atoms with van der Waals surface area (Å²) in [4.78, 5) is 11.2. The maximum atomic E-state index is 11.2. The Labute approximate surface area is 90.8 Å². The molecule has 0 aliphatic heterocycles. The summed E-state index contributed by atoms with van der Waals surface area (Å²) in [5, 5.41) is 11.5. The number of carbonyl (C=O) groups excluding carboxylic acids is 1. The van der Waals surface area contributed by atoms with E-state index in [0.717, 1.165) is 0 Å². The molecule has 1 unspecified atom stereocenters. The molecule has 0 fully saturated rings. The fourth-order valence-corrected chi connectivity index (χ4v) is 0.997. The van der Waals surface area contributed by atoms with Crippen LogP contribution >= 0.6 is 0 Å². The van der Waals surface area contributed by atoms with Crippen molar-refractivity contribution in [3.05, 3.63) is 0 Å². The molecular weight excluding hydrogens is 198 g/mol. The molecule has 5 heteroatoms. The van der Waals surface area contributed by atoms with Crippen molar-refractivity contribution in [1.82, 2.24) is 5.32 Å². The van der Waals surface area contributed by atoms with Crippen LogP contribution in [-0.2, 0) is 14.3 Å². The molecule has 0 aliphatic rings. The van der Waals surface area contributed by atoms with Gasteiger partial charge in [-0.1, -0.05) is 6.92 Å². The topological polar surface area (TPSA) is 67.8 Å². The van der Waals surface area contributed by atoms with Crippen LogP contribution in [-0.4, -0.2) is 50.6 Å². The Bertz CT molecular complexity index is 164. The Morgan fingerprint density at radius 2 is 2.20 bits per heavy atom. The maximum Gasteiger partial charge on any atom is 0.309 e. The molecule has 0 bridgehead atoms. The molecule has 0 aromatic heterocycles. The molecule has 0 spiro atoms. The summed E-state index contributed by atoms with van der Waals surface area (Å²) in [7, 11) is 0. The van der Waals surface area contributed by atoms with E-state index in [0.29, 0.717) is 32.9 Å². The third-order valence-corrected chi connectivity index (χ3v) is 1.80. The van der Waals surface area contributed by atoms with E-state index in [1.165, 1.54) is 0 Å². The van der Waals surface area contributed by atoms with Crippen LogP contribution in [0.25, 0.3) is 0 Å². The molecule has 0 aliphatic carbocycles. The zero-order chi connectivity index (χ0) is 11.5. The van der Waals surface area contributed by atoms with E-state index in [-0.39, 0.29) is 18.5 Å². The van der Waals surface area contributed by atoms with Crippen molar-refractivity contribution >= 4 is 5.97 Å². The summed E-state index contributed by atoms with van der Waals surface area (Å²) < 4.78 is 9.90. The third kappa shape index (κ3) is 8.35. The number of hydrogen-bond acceptors (Lipinski definition) is 5. The van der Waals surface area contributed by atoms with Crippen molar-refractivity contribution < 1.29 is 19.4 Å². The summed E-state index contributed by atoms with van der Waals surface area (Å²) in [5.74, 6) is -0.316. The standard InChI is InChI=1S/C10H21NO4/c1-3-15-10(13)9(2)8-11-4-6-14-7-5-12/h9,11-12H,3-8H2,1-2H3. The molecule has 0 rings (SSSR count). The van der Waals surface area contributed by atoms with Gasteiger partial charge in [-0.2, -0.15) is 0 Å². The van der Waals surface area contributed by atoms with Gasteiger partial charge in [0.2, 0.25) is 0 Å². The Balaban J connectivity index is 3.30. The van der Waals surface area contributed by atoms with Crippen LogP contribution < -0.4 is 5.32 Å². The van der Waals surface area contributed by atoms with E-state index in [2.05, 4.69) is 5.32 Å². The monoisotopic (exact) mass is 219 g/mol. The van der Waals surface area contributed by atoms with Crippen molar-refractivity contribution in [2.24, 2.45) is 5.92 Å². The molecule has 0 aromatic carbocycles. The Morgan fingerprint density at radius 3 is 2.80 bits per heavy atom. The second kappa shape index (κ2) is 9.89. The lowest BCUT2D eigenvalue weighted by atomic mass is 10.2. The van der Waals surface area contributed by atoms with Crippen molar-refractivity contribution in [1.29, 1.82) is 0 Å². The third-order valence-electron chi connectivity index (χ3n) is 1.80. The number of nitrogens with one attached hydrogen (secondary N) is 1. The lowest BCUT2D eigenvalue weighted by molar-refractivity contribution is -0.147. The van der Waals surface area contributed by atoms with Gasteiger partial charge in [-0.15, -0.1) is 0 Å². The van der Waals surface area contributed by atoms with Crippen LogP contribution in [0, 0.1) is 5.92 Å². The van der Waals surface area contributed by atoms with Gasteiger partial charge < -0.3 is 19.9 Å². The van der Waals surface area contributed by atoms with Crippen molar-refractivity contribution in [3.8, 4) is 0 Å². The maximum absolute atomic E-state index is 11.2. The molecule has 0 amide bonds. The first-order chi connectivity index (χ1) is 7.22. The van der Waals surface area contributed by atoms with E-state index in [4.69, 9.17) is 14.6 Å². The molecule has 0 radical (unpaired) electrons. The molecular formula is C10H21NO4. The lowest BCUT2D eigenvalue weighted by Gasteiger charge is -2.11. The van der Waals surface area contributed by atoms with Crippen LogP contribution in [0.3, 0.4) is 0 Å². The average molecular weight is 219 g/mol. The number of aliphatic hydroxyl groups excluding tert-OH is 1. The Morgan fingerprint density at radius 1 is 1.47 bits per heavy atom. The van der Waals surface area contributed by atoms with Gasteiger partial charge in [-0.25, -0.2) is 0 Å². The van der Waals surface area contributed by atoms with Crippen LogP contribution in [0.2, 0.25) is 0 Å². The van der Waals surface area contributed by atoms with Crippen molar-refractivity contribution in [2.45, 2.75) is 13.8 Å². The van der Waals surface area contributed by atoms with Crippen molar-refractivity contribution in [2.75, 3.05) is 39.5 Å². The summed E-state index contributed by atoms with van der Waals surface area (Å²) >= 11 is 0. The molecule has 0 saturated carbocycles. The zero-order valence-electron chi connectivity index (χ0n) is 9.49. The summed E-state index contributed by atoms with van der Waals surface area (Å²) in [6, 6.07) is 0. The minimum atomic E-state index is -0.179. The van der Waals surface area contributed by atoms with Gasteiger partial charge in [0.25, 0.3) is 0 Å². The Kier molecular flexibility index (Phi) is 9.46. The predicted octanol–water partition coefficient (Wildman–Crippen LogP) is -0.216. The average Bonchev–Trinajstić information content (AvgIpc) is 2.23. The van der Waals surface area contributed by atoms with Gasteiger partial charge in [-0.05, 0) is 6.92 Å². The molecule has 0 aromatic rings. The Hall–Kier alpha value is -0.650. The first-order valence-electron chi connectivity index (χ1n) is 5.28. The number of ether oxygens (including phenoxy) is 2. The smallest absolute Gasteiger partial charge is 0.309 e. The molecule has 0 saturated heterocycles. The minimum Gasteiger partial charge on any atom is -0.466 e. The van der Waals surface area contributed by atoms with Gasteiger partial charge in [-0.3, -0.25) is 4.79 Å². The quantitative estimate of drug-likeness (QED) is 0.414. The molecule has 0 heterocycles. The fraction of sp³-hybridized carbons (Fsp3) is 0.900. The van der Waals surface area contributed by atoms with Crippen LogP contribution in [0.1, 0.15) is 13.8 Å². The van der Waals surface area contributed by atoms with E-state index in [1.54, 1.807) is 6.92 Å². The second-order valence-corrected chi connectivity index (χ2v) is 3.19. The highest BCUT2D eigenvalue weighted by atomic mass is 16.5. The summed E-state index contributed by atoms with van der Waals surface area (Å²) in [5.41, 5.74) is 0. The van der Waals surface area contributed by atoms with E-state index < -0.39 is 0 Å². The number of carbonyl (C=O) groups is 1. The lowest BCUT2D eigenvalue weighted by Crippen LogP contribution is -2.30. The SMILES string of the molecule is CCOC(=O)C(C)CNCCOCCO. The van der Waals surface area contributed by atoms with E-state index in [9.17, 15) is 4.79 Å². The van der Waals surface area contributed by atoms with Gasteiger partial charge >= 0.3 is 5.97 Å². The summed E-state index contributed by atoms with van der Waals surface area (Å²) in [6.07, 6.45) is 0. The zero-order valence-corrected chi connectivity index (χ0v) is 9.49. The highest BCUT2D eigenvalue weighted by Gasteiger charge is 2.12. The van der Waals surface area contributed by atoms with Gasteiger partial charge in [0.1, 0.15) is 0 Å². The first kappa shape index (κ1) is 14.3.